The molecule has 8 heteroatoms. The van der Waals surface area contributed by atoms with Crippen LogP contribution in [0.1, 0.15) is 19.9 Å². The van der Waals surface area contributed by atoms with Gasteiger partial charge in [0.05, 0.1) is 21.3 Å². The third-order valence-corrected chi connectivity index (χ3v) is 4.95. The van der Waals surface area contributed by atoms with Crippen LogP contribution in [-0.2, 0) is 0 Å². The van der Waals surface area contributed by atoms with Gasteiger partial charge >= 0.3 is 0 Å². The molecule has 2 aromatic heterocycles. The number of ether oxygens (including phenoxy) is 3. The lowest BCUT2D eigenvalue weighted by Crippen LogP contribution is -2.04. The van der Waals surface area contributed by atoms with Gasteiger partial charge in [-0.05, 0) is 13.8 Å². The highest BCUT2D eigenvalue weighted by molar-refractivity contribution is 5.88. The van der Waals surface area contributed by atoms with E-state index < -0.39 is 0 Å². The van der Waals surface area contributed by atoms with Gasteiger partial charge in [0, 0.05) is 29.4 Å². The van der Waals surface area contributed by atoms with E-state index in [9.17, 15) is 0 Å². The normalized spacial score (nSPS) is 11.0. The summed E-state index contributed by atoms with van der Waals surface area (Å²) in [6.07, 6.45) is 1.54. The van der Waals surface area contributed by atoms with E-state index >= 15 is 0 Å². The zero-order valence-electron chi connectivity index (χ0n) is 18.2. The van der Waals surface area contributed by atoms with Crippen LogP contribution in [0, 0.1) is 0 Å². The summed E-state index contributed by atoms with van der Waals surface area (Å²) in [5.74, 6) is 3.06. The van der Waals surface area contributed by atoms with E-state index in [-0.39, 0.29) is 6.04 Å². The van der Waals surface area contributed by atoms with E-state index in [0.29, 0.717) is 28.6 Å². The van der Waals surface area contributed by atoms with Gasteiger partial charge in [-0.3, -0.25) is 0 Å². The Labute approximate surface area is 180 Å². The van der Waals surface area contributed by atoms with Gasteiger partial charge in [0.1, 0.15) is 12.2 Å². The van der Waals surface area contributed by atoms with Gasteiger partial charge in [0.15, 0.2) is 28.5 Å². The second-order valence-electron chi connectivity index (χ2n) is 7.20. The minimum atomic E-state index is 0.170. The van der Waals surface area contributed by atoms with Crippen molar-refractivity contribution in [3.63, 3.8) is 0 Å². The largest absolute Gasteiger partial charge is 0.493 e. The molecular formula is C23H25N5O3. The van der Waals surface area contributed by atoms with Gasteiger partial charge < -0.3 is 24.1 Å². The van der Waals surface area contributed by atoms with Crippen molar-refractivity contribution in [2.75, 3.05) is 26.6 Å². The zero-order valence-corrected chi connectivity index (χ0v) is 18.2. The van der Waals surface area contributed by atoms with Crippen LogP contribution < -0.4 is 19.5 Å². The highest BCUT2D eigenvalue weighted by atomic mass is 16.5. The fourth-order valence-electron chi connectivity index (χ4n) is 3.57. The van der Waals surface area contributed by atoms with Crippen molar-refractivity contribution in [2.24, 2.45) is 0 Å². The molecule has 0 fully saturated rings. The van der Waals surface area contributed by atoms with Crippen molar-refractivity contribution in [3.8, 4) is 28.6 Å². The molecule has 1 N–H and O–H groups in total. The number of hydrogen-bond donors (Lipinski definition) is 1. The molecule has 0 radical (unpaired) electrons. The summed E-state index contributed by atoms with van der Waals surface area (Å²) < 4.78 is 18.4. The second kappa shape index (κ2) is 8.51. The summed E-state index contributed by atoms with van der Waals surface area (Å²) in [6.45, 7) is 4.23. The molecule has 0 amide bonds. The molecule has 4 aromatic rings. The molecule has 8 nitrogen and oxygen atoms in total. The lowest BCUT2D eigenvalue weighted by atomic mass is 10.2. The Morgan fingerprint density at radius 2 is 1.58 bits per heavy atom. The van der Waals surface area contributed by atoms with Crippen LogP contribution in [0.15, 0.2) is 48.8 Å². The molecule has 0 aliphatic carbocycles. The first-order valence-corrected chi connectivity index (χ1v) is 9.92. The highest BCUT2D eigenvalue weighted by Crippen LogP contribution is 2.41. The molecule has 0 spiro atoms. The molecule has 0 unspecified atom stereocenters. The van der Waals surface area contributed by atoms with E-state index in [4.69, 9.17) is 19.2 Å². The number of methoxy groups -OCH3 is 3. The van der Waals surface area contributed by atoms with Crippen molar-refractivity contribution in [3.05, 3.63) is 48.8 Å². The molecule has 4 rings (SSSR count). The second-order valence-corrected chi connectivity index (χ2v) is 7.20. The Balaban J connectivity index is 1.85. The van der Waals surface area contributed by atoms with Crippen LogP contribution in [0.3, 0.4) is 0 Å². The van der Waals surface area contributed by atoms with Crippen LogP contribution >= 0.6 is 0 Å². The quantitative estimate of drug-likeness (QED) is 0.459. The number of hydrogen-bond acceptors (Lipinski definition) is 7. The molecule has 0 saturated heterocycles. The van der Waals surface area contributed by atoms with E-state index in [1.165, 1.54) is 6.33 Å². The van der Waals surface area contributed by atoms with Gasteiger partial charge in [0.2, 0.25) is 5.75 Å². The molecule has 2 heterocycles. The van der Waals surface area contributed by atoms with Gasteiger partial charge in [-0.1, -0.05) is 30.3 Å². The van der Waals surface area contributed by atoms with Crippen molar-refractivity contribution in [2.45, 2.75) is 19.9 Å². The number of nitrogens with zero attached hydrogens (tertiary/aromatic N) is 4. The summed E-state index contributed by atoms with van der Waals surface area (Å²) in [5.41, 5.74) is 3.20. The fraction of sp³-hybridized carbons (Fsp3) is 0.261. The standard InChI is InChI=1S/C23H25N5O3/c1-14(2)28-22(15-9-7-6-8-10-15)27-19-21(24-13-25-23(19)28)26-16-11-17(29-3)20(31-5)18(12-16)30-4/h6-14H,1-5H3,(H,24,25,26). The van der Waals surface area contributed by atoms with Gasteiger partial charge in [-0.25, -0.2) is 15.0 Å². The summed E-state index contributed by atoms with van der Waals surface area (Å²) in [7, 11) is 4.74. The number of imidazole rings is 1. The zero-order chi connectivity index (χ0) is 22.0. The van der Waals surface area contributed by atoms with Gasteiger partial charge in [0.25, 0.3) is 0 Å². The maximum Gasteiger partial charge on any atom is 0.203 e. The number of anilines is 2. The van der Waals surface area contributed by atoms with E-state index in [1.54, 1.807) is 21.3 Å². The Bertz CT molecular complexity index is 1180. The highest BCUT2D eigenvalue weighted by Gasteiger charge is 2.20. The van der Waals surface area contributed by atoms with Crippen LogP contribution in [0.2, 0.25) is 0 Å². The number of benzene rings is 2. The van der Waals surface area contributed by atoms with Crippen molar-refractivity contribution >= 4 is 22.7 Å². The maximum atomic E-state index is 5.46. The monoisotopic (exact) mass is 419 g/mol. The number of aromatic nitrogens is 4. The Hall–Kier alpha value is -3.81. The average Bonchev–Trinajstić information content (AvgIpc) is 3.20. The fourth-order valence-corrected chi connectivity index (χ4v) is 3.57. The predicted molar refractivity (Wildman–Crippen MR) is 121 cm³/mol. The summed E-state index contributed by atoms with van der Waals surface area (Å²) in [5, 5.41) is 3.34. The van der Waals surface area contributed by atoms with Gasteiger partial charge in [-0.15, -0.1) is 0 Å². The van der Waals surface area contributed by atoms with E-state index in [1.807, 2.05) is 42.5 Å². The Morgan fingerprint density at radius 1 is 0.903 bits per heavy atom. The molecule has 0 aliphatic heterocycles. The smallest absolute Gasteiger partial charge is 0.203 e. The van der Waals surface area contributed by atoms with E-state index in [0.717, 1.165) is 22.7 Å². The minimum absolute atomic E-state index is 0.170. The van der Waals surface area contributed by atoms with Crippen LogP contribution in [0.25, 0.3) is 22.6 Å². The Morgan fingerprint density at radius 3 is 2.16 bits per heavy atom. The molecule has 2 aromatic carbocycles. The number of rotatable bonds is 7. The topological polar surface area (TPSA) is 83.3 Å². The van der Waals surface area contributed by atoms with Crippen molar-refractivity contribution in [1.29, 1.82) is 0 Å². The summed E-state index contributed by atoms with van der Waals surface area (Å²) in [4.78, 5) is 13.9. The first-order valence-electron chi connectivity index (χ1n) is 9.92. The minimum Gasteiger partial charge on any atom is -0.493 e. The summed E-state index contributed by atoms with van der Waals surface area (Å²) in [6, 6.07) is 13.9. The third kappa shape index (κ3) is 3.72. The molecule has 0 atom stereocenters. The van der Waals surface area contributed by atoms with Crippen molar-refractivity contribution in [1.82, 2.24) is 19.5 Å². The van der Waals surface area contributed by atoms with Crippen molar-refractivity contribution < 1.29 is 14.2 Å². The molecule has 0 aliphatic rings. The predicted octanol–water partition coefficient (Wildman–Crippen LogP) is 4.84. The average molecular weight is 419 g/mol. The molecule has 0 bridgehead atoms. The maximum absolute atomic E-state index is 5.46. The third-order valence-electron chi connectivity index (χ3n) is 4.95. The van der Waals surface area contributed by atoms with E-state index in [2.05, 4.69) is 33.7 Å². The van der Waals surface area contributed by atoms with Gasteiger partial charge in [-0.2, -0.15) is 0 Å². The van der Waals surface area contributed by atoms with Crippen LogP contribution in [0.5, 0.6) is 17.2 Å². The SMILES string of the molecule is COc1cc(Nc2ncnc3c2nc(-c2ccccc2)n3C(C)C)cc(OC)c1OC. The first kappa shape index (κ1) is 20.5. The molecule has 160 valence electrons. The number of fused-ring (bicyclic) bond motifs is 1. The molecule has 0 saturated carbocycles. The lowest BCUT2D eigenvalue weighted by Gasteiger charge is -2.15. The van der Waals surface area contributed by atoms with Crippen LogP contribution in [-0.4, -0.2) is 40.8 Å². The first-order chi connectivity index (χ1) is 15.1. The summed E-state index contributed by atoms with van der Waals surface area (Å²) >= 11 is 0. The molecular weight excluding hydrogens is 394 g/mol. The molecule has 31 heavy (non-hydrogen) atoms. The number of nitrogens with one attached hydrogen (secondary N) is 1. The Kier molecular flexibility index (Phi) is 5.62. The van der Waals surface area contributed by atoms with Crippen LogP contribution in [0.4, 0.5) is 11.5 Å². The lowest BCUT2D eigenvalue weighted by molar-refractivity contribution is 0.324.